The topological polar surface area (TPSA) is 70.7 Å². The molecule has 2 N–H and O–H groups in total. The van der Waals surface area contributed by atoms with Crippen molar-refractivity contribution in [2.75, 3.05) is 44.7 Å². The minimum atomic E-state index is -0.0460. The van der Waals surface area contributed by atoms with Crippen molar-refractivity contribution in [1.29, 1.82) is 0 Å². The van der Waals surface area contributed by atoms with Gasteiger partial charge >= 0.3 is 0 Å². The van der Waals surface area contributed by atoms with Crippen LogP contribution in [0.2, 0.25) is 0 Å². The summed E-state index contributed by atoms with van der Waals surface area (Å²) in [6, 6.07) is 5.52. The number of morpholine rings is 1. The third-order valence-corrected chi connectivity index (χ3v) is 4.53. The molecule has 2 amide bonds. The minimum absolute atomic E-state index is 0.0460. The van der Waals surface area contributed by atoms with Crippen molar-refractivity contribution in [3.05, 3.63) is 29.3 Å². The van der Waals surface area contributed by atoms with E-state index in [9.17, 15) is 9.59 Å². The highest BCUT2D eigenvalue weighted by molar-refractivity contribution is 5.97. The second-order valence-electron chi connectivity index (χ2n) is 6.34. The van der Waals surface area contributed by atoms with Crippen LogP contribution in [0.15, 0.2) is 18.2 Å². The Labute approximate surface area is 142 Å². The minimum Gasteiger partial charge on any atom is -0.379 e. The van der Waals surface area contributed by atoms with Gasteiger partial charge < -0.3 is 15.4 Å². The highest BCUT2D eigenvalue weighted by atomic mass is 16.5. The second kappa shape index (κ2) is 8.26. The molecule has 3 rings (SSSR count). The van der Waals surface area contributed by atoms with Gasteiger partial charge in [0.25, 0.3) is 5.91 Å². The Kier molecular flexibility index (Phi) is 5.82. The Morgan fingerprint density at radius 1 is 1.25 bits per heavy atom. The fraction of sp³-hybridized carbons (Fsp3) is 0.556. The van der Waals surface area contributed by atoms with Gasteiger partial charge in [0.2, 0.25) is 5.91 Å². The normalized spacial score (nSPS) is 18.4. The van der Waals surface area contributed by atoms with Crippen molar-refractivity contribution in [2.45, 2.75) is 25.7 Å². The van der Waals surface area contributed by atoms with Crippen LogP contribution in [-0.4, -0.2) is 56.1 Å². The quantitative estimate of drug-likeness (QED) is 0.801. The summed E-state index contributed by atoms with van der Waals surface area (Å²) >= 11 is 0. The van der Waals surface area contributed by atoms with E-state index in [0.717, 1.165) is 63.4 Å². The molecule has 6 nitrogen and oxygen atoms in total. The van der Waals surface area contributed by atoms with Crippen LogP contribution in [0.5, 0.6) is 0 Å². The lowest BCUT2D eigenvalue weighted by atomic mass is 10.0. The zero-order valence-corrected chi connectivity index (χ0v) is 14.0. The maximum Gasteiger partial charge on any atom is 0.251 e. The summed E-state index contributed by atoms with van der Waals surface area (Å²) in [7, 11) is 0. The zero-order chi connectivity index (χ0) is 16.8. The number of carbonyl (C=O) groups is 2. The van der Waals surface area contributed by atoms with Gasteiger partial charge in [0.15, 0.2) is 0 Å². The van der Waals surface area contributed by atoms with E-state index in [4.69, 9.17) is 4.74 Å². The number of hydrogen-bond donors (Lipinski definition) is 2. The van der Waals surface area contributed by atoms with Gasteiger partial charge in [-0.05, 0) is 49.6 Å². The molecule has 2 heterocycles. The molecule has 6 heteroatoms. The van der Waals surface area contributed by atoms with Crippen LogP contribution >= 0.6 is 0 Å². The number of amides is 2. The fourth-order valence-corrected chi connectivity index (χ4v) is 3.15. The molecule has 1 aromatic rings. The molecule has 1 saturated heterocycles. The molecular weight excluding hydrogens is 306 g/mol. The molecule has 0 radical (unpaired) electrons. The third kappa shape index (κ3) is 4.55. The van der Waals surface area contributed by atoms with Crippen LogP contribution in [0.25, 0.3) is 0 Å². The van der Waals surface area contributed by atoms with Crippen LogP contribution in [0, 0.1) is 0 Å². The largest absolute Gasteiger partial charge is 0.379 e. The number of ether oxygens (including phenoxy) is 1. The summed E-state index contributed by atoms with van der Waals surface area (Å²) in [5.41, 5.74) is 2.54. The van der Waals surface area contributed by atoms with Crippen LogP contribution < -0.4 is 10.6 Å². The molecule has 1 fully saturated rings. The summed E-state index contributed by atoms with van der Waals surface area (Å²) in [6.45, 7) is 5.22. The zero-order valence-electron chi connectivity index (χ0n) is 14.0. The lowest BCUT2D eigenvalue weighted by molar-refractivity contribution is -0.116. The van der Waals surface area contributed by atoms with Gasteiger partial charge in [-0.15, -0.1) is 0 Å². The summed E-state index contributed by atoms with van der Waals surface area (Å²) in [5, 5.41) is 5.88. The van der Waals surface area contributed by atoms with E-state index in [-0.39, 0.29) is 11.8 Å². The van der Waals surface area contributed by atoms with Crippen molar-refractivity contribution in [2.24, 2.45) is 0 Å². The van der Waals surface area contributed by atoms with E-state index in [0.29, 0.717) is 18.5 Å². The van der Waals surface area contributed by atoms with Crippen molar-refractivity contribution in [3.63, 3.8) is 0 Å². The van der Waals surface area contributed by atoms with Gasteiger partial charge in [0.05, 0.1) is 13.2 Å². The van der Waals surface area contributed by atoms with E-state index in [1.165, 1.54) is 0 Å². The number of carbonyl (C=O) groups excluding carboxylic acids is 2. The monoisotopic (exact) mass is 331 g/mol. The molecule has 0 aromatic heterocycles. The summed E-state index contributed by atoms with van der Waals surface area (Å²) in [4.78, 5) is 26.2. The summed E-state index contributed by atoms with van der Waals surface area (Å²) in [5.74, 6) is 0.00409. The molecular formula is C18H25N3O3. The first-order valence-corrected chi connectivity index (χ1v) is 8.73. The Morgan fingerprint density at radius 3 is 2.92 bits per heavy atom. The van der Waals surface area contributed by atoms with Gasteiger partial charge in [-0.2, -0.15) is 0 Å². The number of aryl methyl sites for hydroxylation is 1. The Morgan fingerprint density at radius 2 is 2.08 bits per heavy atom. The SMILES string of the molecule is O=C1CCCc2cc(C(=O)NCCCN3CCOCC3)ccc2N1. The smallest absolute Gasteiger partial charge is 0.251 e. The molecule has 0 spiro atoms. The van der Waals surface area contributed by atoms with Crippen molar-refractivity contribution >= 4 is 17.5 Å². The van der Waals surface area contributed by atoms with Crippen molar-refractivity contribution in [1.82, 2.24) is 10.2 Å². The molecule has 130 valence electrons. The van der Waals surface area contributed by atoms with E-state index in [1.807, 2.05) is 12.1 Å². The van der Waals surface area contributed by atoms with Crippen LogP contribution in [-0.2, 0) is 16.0 Å². The second-order valence-corrected chi connectivity index (χ2v) is 6.34. The summed E-state index contributed by atoms with van der Waals surface area (Å²) < 4.78 is 5.33. The highest BCUT2D eigenvalue weighted by Gasteiger charge is 2.15. The first kappa shape index (κ1) is 16.9. The Bertz CT molecular complexity index is 597. The number of hydrogen-bond acceptors (Lipinski definition) is 4. The first-order chi connectivity index (χ1) is 11.7. The summed E-state index contributed by atoms with van der Waals surface area (Å²) in [6.07, 6.45) is 3.13. The van der Waals surface area contributed by atoms with E-state index in [1.54, 1.807) is 6.07 Å². The highest BCUT2D eigenvalue weighted by Crippen LogP contribution is 2.23. The number of benzene rings is 1. The van der Waals surface area contributed by atoms with E-state index in [2.05, 4.69) is 15.5 Å². The van der Waals surface area contributed by atoms with Gasteiger partial charge in [-0.3, -0.25) is 14.5 Å². The van der Waals surface area contributed by atoms with Crippen LogP contribution in [0.3, 0.4) is 0 Å². The Balaban J connectivity index is 1.48. The lowest BCUT2D eigenvalue weighted by Crippen LogP contribution is -2.38. The third-order valence-electron chi connectivity index (χ3n) is 4.53. The first-order valence-electron chi connectivity index (χ1n) is 8.73. The maximum atomic E-state index is 12.3. The van der Waals surface area contributed by atoms with Gasteiger partial charge in [-0.25, -0.2) is 0 Å². The molecule has 0 aliphatic carbocycles. The molecule has 0 saturated carbocycles. The maximum absolute atomic E-state index is 12.3. The number of rotatable bonds is 5. The average molecular weight is 331 g/mol. The molecule has 2 aliphatic heterocycles. The van der Waals surface area contributed by atoms with E-state index < -0.39 is 0 Å². The average Bonchev–Trinajstić information content (AvgIpc) is 2.79. The standard InChI is InChI=1S/C18H25N3O3/c22-17-4-1-3-14-13-15(5-6-16(14)20-17)18(23)19-7-2-8-21-9-11-24-12-10-21/h5-6,13H,1-4,7-12H2,(H,19,23)(H,20,22). The van der Waals surface area contributed by atoms with E-state index >= 15 is 0 Å². The van der Waals surface area contributed by atoms with Gasteiger partial charge in [-0.1, -0.05) is 0 Å². The fourth-order valence-electron chi connectivity index (χ4n) is 3.15. The van der Waals surface area contributed by atoms with Crippen molar-refractivity contribution in [3.8, 4) is 0 Å². The lowest BCUT2D eigenvalue weighted by Gasteiger charge is -2.26. The molecule has 1 aromatic carbocycles. The van der Waals surface area contributed by atoms with Gasteiger partial charge in [0, 0.05) is 37.3 Å². The Hall–Kier alpha value is -1.92. The molecule has 0 unspecified atom stereocenters. The number of fused-ring (bicyclic) bond motifs is 1. The van der Waals surface area contributed by atoms with Crippen LogP contribution in [0.1, 0.15) is 35.2 Å². The van der Waals surface area contributed by atoms with Crippen molar-refractivity contribution < 1.29 is 14.3 Å². The molecule has 24 heavy (non-hydrogen) atoms. The molecule has 2 aliphatic rings. The number of nitrogens with zero attached hydrogens (tertiary/aromatic N) is 1. The number of nitrogens with one attached hydrogen (secondary N) is 2. The predicted octanol–water partition coefficient (Wildman–Crippen LogP) is 1.41. The van der Waals surface area contributed by atoms with Crippen LogP contribution in [0.4, 0.5) is 5.69 Å². The predicted molar refractivity (Wildman–Crippen MR) is 92.2 cm³/mol. The van der Waals surface area contributed by atoms with Gasteiger partial charge in [0.1, 0.15) is 0 Å². The molecule has 0 bridgehead atoms. The molecule has 0 atom stereocenters. The number of anilines is 1.